The molecular formula is C22H20F3N5O4. The van der Waals surface area contributed by atoms with E-state index in [-0.39, 0.29) is 24.2 Å². The Morgan fingerprint density at radius 3 is 2.68 bits per heavy atom. The molecule has 2 aliphatic heterocycles. The molecule has 9 nitrogen and oxygen atoms in total. The van der Waals surface area contributed by atoms with Crippen molar-refractivity contribution in [2.45, 2.75) is 38.6 Å². The molecule has 34 heavy (non-hydrogen) atoms. The largest absolute Gasteiger partial charge is 0.573 e. The van der Waals surface area contributed by atoms with Crippen molar-refractivity contribution in [3.05, 3.63) is 53.1 Å². The molecule has 0 bridgehead atoms. The van der Waals surface area contributed by atoms with Gasteiger partial charge >= 0.3 is 6.36 Å². The number of hydrogen-bond donors (Lipinski definition) is 1. The Labute approximate surface area is 191 Å². The lowest BCUT2D eigenvalue weighted by Crippen LogP contribution is -2.49. The van der Waals surface area contributed by atoms with Crippen molar-refractivity contribution in [1.29, 1.82) is 0 Å². The number of nitrogen functional groups attached to an aromatic ring is 1. The Kier molecular flexibility index (Phi) is 5.48. The maximum Gasteiger partial charge on any atom is 0.573 e. The minimum Gasteiger partial charge on any atom is -0.404 e. The molecular weight excluding hydrogens is 455 g/mol. The summed E-state index contributed by atoms with van der Waals surface area (Å²) in [5.41, 5.74) is 8.83. The predicted octanol–water partition coefficient (Wildman–Crippen LogP) is 3.14. The van der Waals surface area contributed by atoms with Gasteiger partial charge in [-0.3, -0.25) is 9.78 Å². The van der Waals surface area contributed by atoms with Crippen molar-refractivity contribution in [2.24, 2.45) is 0 Å². The van der Waals surface area contributed by atoms with E-state index in [0.717, 1.165) is 28.8 Å². The first-order valence-corrected chi connectivity index (χ1v) is 10.5. The molecule has 3 aromatic heterocycles. The highest BCUT2D eigenvalue weighted by molar-refractivity contribution is 5.97. The second-order valence-corrected chi connectivity index (χ2v) is 8.11. The van der Waals surface area contributed by atoms with Crippen molar-refractivity contribution < 1.29 is 32.2 Å². The van der Waals surface area contributed by atoms with E-state index in [1.165, 1.54) is 12.3 Å². The van der Waals surface area contributed by atoms with Crippen molar-refractivity contribution in [3.8, 4) is 5.75 Å². The molecule has 2 aliphatic rings. The molecule has 178 valence electrons. The van der Waals surface area contributed by atoms with Crippen molar-refractivity contribution in [1.82, 2.24) is 19.9 Å². The average Bonchev–Trinajstić information content (AvgIpc) is 3.29. The van der Waals surface area contributed by atoms with Crippen LogP contribution in [-0.4, -0.2) is 51.4 Å². The molecule has 5 rings (SSSR count). The van der Waals surface area contributed by atoms with E-state index >= 15 is 0 Å². The quantitative estimate of drug-likeness (QED) is 0.615. The maximum absolute atomic E-state index is 13.6. The lowest BCUT2D eigenvalue weighted by atomic mass is 10.0. The van der Waals surface area contributed by atoms with E-state index in [1.54, 1.807) is 11.0 Å². The molecule has 0 unspecified atom stereocenters. The second-order valence-electron chi connectivity index (χ2n) is 8.11. The number of carbonyl (C=O) groups is 1. The zero-order chi connectivity index (χ0) is 24.0. The number of nitrogens with two attached hydrogens (primary N) is 1. The Balaban J connectivity index is 1.48. The van der Waals surface area contributed by atoms with E-state index in [0.29, 0.717) is 36.8 Å². The van der Waals surface area contributed by atoms with Crippen LogP contribution in [0.2, 0.25) is 0 Å². The van der Waals surface area contributed by atoms with E-state index in [4.69, 9.17) is 15.2 Å². The number of morpholine rings is 1. The highest BCUT2D eigenvalue weighted by Gasteiger charge is 2.36. The Morgan fingerprint density at radius 1 is 1.15 bits per heavy atom. The fourth-order valence-electron chi connectivity index (χ4n) is 4.29. The lowest BCUT2D eigenvalue weighted by Gasteiger charge is -2.40. The number of anilines is 1. The number of rotatable bonds is 3. The summed E-state index contributed by atoms with van der Waals surface area (Å²) in [5, 5.41) is 0.740. The van der Waals surface area contributed by atoms with Crippen LogP contribution in [0.15, 0.2) is 30.6 Å². The number of nitrogens with zero attached hydrogens (tertiary/aromatic N) is 4. The van der Waals surface area contributed by atoms with Gasteiger partial charge in [-0.1, -0.05) is 0 Å². The Hall–Kier alpha value is -3.51. The number of ether oxygens (including phenoxy) is 3. The first-order chi connectivity index (χ1) is 16.2. The molecule has 0 radical (unpaired) electrons. The Bertz CT molecular complexity index is 1250. The van der Waals surface area contributed by atoms with Gasteiger partial charge in [0, 0.05) is 10.9 Å². The van der Waals surface area contributed by atoms with Gasteiger partial charge in [0.2, 0.25) is 0 Å². The van der Waals surface area contributed by atoms with Crippen LogP contribution < -0.4 is 10.5 Å². The summed E-state index contributed by atoms with van der Waals surface area (Å²) in [6.45, 7) is 2.98. The number of aromatic nitrogens is 3. The number of hydrogen-bond acceptors (Lipinski definition) is 8. The molecule has 0 aromatic carbocycles. The smallest absolute Gasteiger partial charge is 0.404 e. The average molecular weight is 475 g/mol. The van der Waals surface area contributed by atoms with Gasteiger partial charge in [0.1, 0.15) is 17.3 Å². The van der Waals surface area contributed by atoms with Crippen molar-refractivity contribution in [3.63, 3.8) is 0 Å². The molecule has 12 heteroatoms. The SMILES string of the molecule is C[C@@H]1COC[C@H](c2ccc(OC(F)(F)F)cn2)N1C(=O)c1cc2c3c(c(N)nc2cn1)COC3. The van der Waals surface area contributed by atoms with Gasteiger partial charge < -0.3 is 24.8 Å². The first-order valence-electron chi connectivity index (χ1n) is 10.5. The van der Waals surface area contributed by atoms with Crippen molar-refractivity contribution in [2.75, 3.05) is 18.9 Å². The maximum atomic E-state index is 13.6. The van der Waals surface area contributed by atoms with Crippen LogP contribution >= 0.6 is 0 Å². The summed E-state index contributed by atoms with van der Waals surface area (Å²) in [4.78, 5) is 27.9. The fourth-order valence-corrected chi connectivity index (χ4v) is 4.29. The zero-order valence-corrected chi connectivity index (χ0v) is 18.0. The van der Waals surface area contributed by atoms with Crippen LogP contribution in [0.4, 0.5) is 19.0 Å². The fraction of sp³-hybridized carbons (Fsp3) is 0.364. The molecule has 1 amide bonds. The summed E-state index contributed by atoms with van der Waals surface area (Å²) >= 11 is 0. The van der Waals surface area contributed by atoms with E-state index in [1.807, 2.05) is 6.92 Å². The third-order valence-electron chi connectivity index (χ3n) is 5.85. The van der Waals surface area contributed by atoms with E-state index in [2.05, 4.69) is 19.7 Å². The number of fused-ring (bicyclic) bond motifs is 3. The number of pyridine rings is 3. The van der Waals surface area contributed by atoms with Gasteiger partial charge in [-0.25, -0.2) is 9.97 Å². The summed E-state index contributed by atoms with van der Waals surface area (Å²) in [5.74, 6) is -0.422. The third-order valence-corrected chi connectivity index (χ3v) is 5.85. The normalized spacial score (nSPS) is 20.4. The zero-order valence-electron chi connectivity index (χ0n) is 18.0. The van der Waals surface area contributed by atoms with Gasteiger partial charge in [-0.05, 0) is 30.7 Å². The number of alkyl halides is 3. The van der Waals surface area contributed by atoms with Gasteiger partial charge in [0.05, 0.1) is 62.1 Å². The van der Waals surface area contributed by atoms with Crippen LogP contribution in [0.1, 0.15) is 40.3 Å². The molecule has 0 aliphatic carbocycles. The lowest BCUT2D eigenvalue weighted by molar-refractivity contribution is -0.274. The van der Waals surface area contributed by atoms with Crippen LogP contribution in [0.3, 0.4) is 0 Å². The molecule has 0 saturated carbocycles. The number of amides is 1. The topological polar surface area (TPSA) is 113 Å². The van der Waals surface area contributed by atoms with Crippen LogP contribution in [0.5, 0.6) is 5.75 Å². The molecule has 5 heterocycles. The molecule has 2 atom stereocenters. The predicted molar refractivity (Wildman–Crippen MR) is 113 cm³/mol. The van der Waals surface area contributed by atoms with Gasteiger partial charge in [-0.2, -0.15) is 0 Å². The third kappa shape index (κ3) is 4.10. The van der Waals surface area contributed by atoms with Crippen LogP contribution in [0, 0.1) is 0 Å². The Morgan fingerprint density at radius 2 is 1.94 bits per heavy atom. The van der Waals surface area contributed by atoms with Crippen LogP contribution in [-0.2, 0) is 22.7 Å². The first kappa shape index (κ1) is 22.3. The molecule has 1 saturated heterocycles. The minimum atomic E-state index is -4.82. The van der Waals surface area contributed by atoms with E-state index in [9.17, 15) is 18.0 Å². The number of halogens is 3. The molecule has 1 fully saturated rings. The summed E-state index contributed by atoms with van der Waals surface area (Å²) in [7, 11) is 0. The minimum absolute atomic E-state index is 0.136. The van der Waals surface area contributed by atoms with Gasteiger partial charge in [0.15, 0.2) is 0 Å². The summed E-state index contributed by atoms with van der Waals surface area (Å²) in [6, 6.07) is 3.27. The molecule has 3 aromatic rings. The summed E-state index contributed by atoms with van der Waals surface area (Å²) < 4.78 is 52.4. The highest BCUT2D eigenvalue weighted by atomic mass is 19.4. The monoisotopic (exact) mass is 475 g/mol. The highest BCUT2D eigenvalue weighted by Crippen LogP contribution is 2.33. The van der Waals surface area contributed by atoms with Gasteiger partial charge in [0.25, 0.3) is 5.91 Å². The standard InChI is InChI=1S/C22H20F3N5O4/c1-11-7-32-10-19(16-3-2-12(5-27-16)34-22(23,24)25)30(11)21(31)17-4-13-14-8-33-9-15(14)20(26)29-18(13)6-28-17/h2-6,11,19H,7-10H2,1H3,(H2,26,29)/t11-,19-/m1/s1. The summed E-state index contributed by atoms with van der Waals surface area (Å²) in [6.07, 6.45) is -2.35. The van der Waals surface area contributed by atoms with E-state index < -0.39 is 18.2 Å². The van der Waals surface area contributed by atoms with Crippen LogP contribution in [0.25, 0.3) is 10.9 Å². The second kappa shape index (κ2) is 8.37. The molecule has 2 N–H and O–H groups in total. The number of carbonyl (C=O) groups excluding carboxylic acids is 1. The molecule has 0 spiro atoms. The van der Waals surface area contributed by atoms with Crippen molar-refractivity contribution >= 4 is 22.6 Å². The van der Waals surface area contributed by atoms with Gasteiger partial charge in [-0.15, -0.1) is 13.2 Å².